The Bertz CT molecular complexity index is 594. The van der Waals surface area contributed by atoms with Crippen molar-refractivity contribution in [3.05, 3.63) is 23.2 Å². The summed E-state index contributed by atoms with van der Waals surface area (Å²) < 4.78 is 5.89. The molecule has 0 saturated carbocycles. The van der Waals surface area contributed by atoms with Gasteiger partial charge in [0.05, 0.1) is 23.0 Å². The molecule has 2 heterocycles. The van der Waals surface area contributed by atoms with Crippen molar-refractivity contribution < 1.29 is 14.6 Å². The van der Waals surface area contributed by atoms with Gasteiger partial charge in [0.15, 0.2) is 0 Å². The third-order valence-corrected chi connectivity index (χ3v) is 4.03. The lowest BCUT2D eigenvalue weighted by Crippen LogP contribution is -2.38. The Balaban J connectivity index is 2.20. The van der Waals surface area contributed by atoms with Gasteiger partial charge in [-0.15, -0.1) is 11.3 Å². The minimum Gasteiger partial charge on any atom is -0.396 e. The van der Waals surface area contributed by atoms with Gasteiger partial charge in [-0.2, -0.15) is 0 Å². The molecule has 1 atom stereocenters. The molecule has 7 heteroatoms. The van der Waals surface area contributed by atoms with Gasteiger partial charge in [0.25, 0.3) is 5.91 Å². The van der Waals surface area contributed by atoms with E-state index in [0.717, 1.165) is 4.70 Å². The monoisotopic (exact) mass is 295 g/mol. The van der Waals surface area contributed by atoms with Crippen LogP contribution < -0.4 is 11.1 Å². The molecule has 2 aromatic rings. The molecule has 0 aliphatic carbocycles. The number of nitrogens with zero attached hydrogens (tertiary/aromatic N) is 1. The molecule has 20 heavy (non-hydrogen) atoms. The van der Waals surface area contributed by atoms with E-state index in [1.165, 1.54) is 11.3 Å². The summed E-state index contributed by atoms with van der Waals surface area (Å²) in [5.74, 6) is -0.263. The molecule has 2 aromatic heterocycles. The van der Waals surface area contributed by atoms with Crippen molar-refractivity contribution in [3.63, 3.8) is 0 Å². The first-order valence-electron chi connectivity index (χ1n) is 6.21. The number of aliphatic hydroxyl groups is 1. The summed E-state index contributed by atoms with van der Waals surface area (Å²) in [7, 11) is 1.55. The number of aliphatic hydroxyl groups excluding tert-OH is 1. The van der Waals surface area contributed by atoms with Crippen LogP contribution in [0.1, 0.15) is 16.1 Å². The van der Waals surface area contributed by atoms with Crippen LogP contribution in [0, 0.1) is 0 Å². The summed E-state index contributed by atoms with van der Waals surface area (Å²) in [6.07, 6.45) is 2.08. The Labute approximate surface area is 120 Å². The number of hydrogen-bond donors (Lipinski definition) is 3. The van der Waals surface area contributed by atoms with Crippen LogP contribution in [0.2, 0.25) is 0 Å². The number of nitrogen functional groups attached to an aromatic ring is 1. The van der Waals surface area contributed by atoms with E-state index in [4.69, 9.17) is 15.6 Å². The minimum atomic E-state index is -0.263. The van der Waals surface area contributed by atoms with E-state index in [1.807, 2.05) is 6.07 Å². The molecule has 6 nitrogen and oxygen atoms in total. The van der Waals surface area contributed by atoms with Crippen molar-refractivity contribution in [1.29, 1.82) is 0 Å². The maximum Gasteiger partial charge on any atom is 0.263 e. The van der Waals surface area contributed by atoms with Gasteiger partial charge in [0.2, 0.25) is 0 Å². The van der Waals surface area contributed by atoms with Gasteiger partial charge in [0, 0.05) is 19.9 Å². The van der Waals surface area contributed by atoms with E-state index in [1.54, 1.807) is 19.4 Å². The summed E-state index contributed by atoms with van der Waals surface area (Å²) in [5.41, 5.74) is 7.01. The molecule has 1 amide bonds. The molecule has 0 bridgehead atoms. The van der Waals surface area contributed by atoms with Gasteiger partial charge in [-0.1, -0.05) is 0 Å². The Hall–Kier alpha value is -1.70. The highest BCUT2D eigenvalue weighted by atomic mass is 32.1. The van der Waals surface area contributed by atoms with Crippen molar-refractivity contribution in [2.24, 2.45) is 0 Å². The maximum atomic E-state index is 12.2. The van der Waals surface area contributed by atoms with Gasteiger partial charge in [-0.3, -0.25) is 9.78 Å². The van der Waals surface area contributed by atoms with E-state index < -0.39 is 0 Å². The van der Waals surface area contributed by atoms with Crippen molar-refractivity contribution >= 4 is 33.1 Å². The molecule has 2 rings (SSSR count). The molecule has 4 N–H and O–H groups in total. The highest BCUT2D eigenvalue weighted by molar-refractivity contribution is 7.21. The zero-order valence-corrected chi connectivity index (χ0v) is 11.9. The largest absolute Gasteiger partial charge is 0.396 e. The van der Waals surface area contributed by atoms with Crippen molar-refractivity contribution in [3.8, 4) is 0 Å². The summed E-state index contributed by atoms with van der Waals surface area (Å²) in [4.78, 5) is 16.9. The molecule has 0 aliphatic rings. The van der Waals surface area contributed by atoms with Crippen LogP contribution in [0.25, 0.3) is 10.2 Å². The third-order valence-electron chi connectivity index (χ3n) is 2.87. The Morgan fingerprint density at radius 3 is 3.10 bits per heavy atom. The standard InChI is InChI=1S/C13H17N3O3S/c1-19-7-8(4-6-17)16-13(18)12-10(14)11-9(20-12)3-2-5-15-11/h2-3,5,8,17H,4,6-7,14H2,1H3,(H,16,18). The van der Waals surface area contributed by atoms with Gasteiger partial charge in [-0.25, -0.2) is 0 Å². The second-order valence-electron chi connectivity index (χ2n) is 4.33. The lowest BCUT2D eigenvalue weighted by atomic mass is 10.2. The molecule has 0 aromatic carbocycles. The lowest BCUT2D eigenvalue weighted by Gasteiger charge is -2.16. The lowest BCUT2D eigenvalue weighted by molar-refractivity contribution is 0.0883. The summed E-state index contributed by atoms with van der Waals surface area (Å²) in [5, 5.41) is 11.8. The Kier molecular flexibility index (Phi) is 4.89. The molecule has 0 saturated heterocycles. The molecule has 0 fully saturated rings. The van der Waals surface area contributed by atoms with E-state index in [2.05, 4.69) is 10.3 Å². The molecular weight excluding hydrogens is 278 g/mol. The van der Waals surface area contributed by atoms with E-state index in [9.17, 15) is 4.79 Å². The van der Waals surface area contributed by atoms with Crippen LogP contribution >= 0.6 is 11.3 Å². The number of rotatable bonds is 6. The number of carbonyl (C=O) groups is 1. The second-order valence-corrected chi connectivity index (χ2v) is 5.39. The van der Waals surface area contributed by atoms with Crippen molar-refractivity contribution in [2.45, 2.75) is 12.5 Å². The highest BCUT2D eigenvalue weighted by Gasteiger charge is 2.19. The maximum absolute atomic E-state index is 12.2. The van der Waals surface area contributed by atoms with Gasteiger partial charge >= 0.3 is 0 Å². The van der Waals surface area contributed by atoms with Gasteiger partial charge in [-0.05, 0) is 18.6 Å². The van der Waals surface area contributed by atoms with Crippen molar-refractivity contribution in [1.82, 2.24) is 10.3 Å². The SMILES string of the molecule is COCC(CCO)NC(=O)c1sc2cccnc2c1N. The predicted octanol–water partition coefficient (Wildman–Crippen LogP) is 1.01. The second kappa shape index (κ2) is 6.65. The van der Waals surface area contributed by atoms with Crippen LogP contribution in [0.15, 0.2) is 18.3 Å². The number of fused-ring (bicyclic) bond motifs is 1. The zero-order valence-electron chi connectivity index (χ0n) is 11.1. The van der Waals surface area contributed by atoms with Crippen LogP contribution in [0.4, 0.5) is 5.69 Å². The number of amides is 1. The topological polar surface area (TPSA) is 97.5 Å². The fourth-order valence-corrected chi connectivity index (χ4v) is 2.91. The summed E-state index contributed by atoms with van der Waals surface area (Å²) in [6, 6.07) is 3.44. The number of methoxy groups -OCH3 is 1. The Morgan fingerprint density at radius 2 is 2.45 bits per heavy atom. The first-order valence-corrected chi connectivity index (χ1v) is 7.02. The first kappa shape index (κ1) is 14.7. The number of nitrogens with two attached hydrogens (primary N) is 1. The normalized spacial score (nSPS) is 12.5. The predicted molar refractivity (Wildman–Crippen MR) is 78.9 cm³/mol. The number of anilines is 1. The van der Waals surface area contributed by atoms with Gasteiger partial charge < -0.3 is 20.9 Å². The average molecular weight is 295 g/mol. The number of aromatic nitrogens is 1. The van der Waals surface area contributed by atoms with Crippen LogP contribution in [0.5, 0.6) is 0 Å². The molecule has 108 valence electrons. The summed E-state index contributed by atoms with van der Waals surface area (Å²) in [6.45, 7) is 0.326. The number of thiophene rings is 1. The number of hydrogen-bond acceptors (Lipinski definition) is 6. The fourth-order valence-electron chi connectivity index (χ4n) is 1.92. The highest BCUT2D eigenvalue weighted by Crippen LogP contribution is 2.31. The Morgan fingerprint density at radius 1 is 1.65 bits per heavy atom. The number of pyridine rings is 1. The molecule has 0 aliphatic heterocycles. The zero-order chi connectivity index (χ0) is 14.5. The van der Waals surface area contributed by atoms with Crippen molar-refractivity contribution in [2.75, 3.05) is 26.1 Å². The quantitative estimate of drug-likeness (QED) is 0.739. The molecular formula is C13H17N3O3S. The first-order chi connectivity index (χ1) is 9.67. The van der Waals surface area contributed by atoms with Gasteiger partial charge in [0.1, 0.15) is 10.4 Å². The van der Waals surface area contributed by atoms with E-state index >= 15 is 0 Å². The van der Waals surface area contributed by atoms with E-state index in [0.29, 0.717) is 29.1 Å². The van der Waals surface area contributed by atoms with Crippen LogP contribution in [-0.4, -0.2) is 42.4 Å². The molecule has 1 unspecified atom stereocenters. The van der Waals surface area contributed by atoms with Crippen LogP contribution in [-0.2, 0) is 4.74 Å². The third kappa shape index (κ3) is 3.06. The average Bonchev–Trinajstić information content (AvgIpc) is 2.77. The van der Waals surface area contributed by atoms with Crippen LogP contribution in [0.3, 0.4) is 0 Å². The number of nitrogens with one attached hydrogen (secondary N) is 1. The molecule has 0 spiro atoms. The molecule has 0 radical (unpaired) electrons. The summed E-state index contributed by atoms with van der Waals surface area (Å²) >= 11 is 1.31. The number of ether oxygens (including phenoxy) is 1. The fraction of sp³-hybridized carbons (Fsp3) is 0.385. The smallest absolute Gasteiger partial charge is 0.263 e. The van der Waals surface area contributed by atoms with E-state index in [-0.39, 0.29) is 18.6 Å². The minimum absolute atomic E-state index is 0.0161. The number of carbonyl (C=O) groups excluding carboxylic acids is 1.